The maximum atomic E-state index is 13.3. The Labute approximate surface area is 161 Å². The van der Waals surface area contributed by atoms with Gasteiger partial charge in [0.05, 0.1) is 5.02 Å². The molecule has 1 aromatic heterocycles. The molecule has 2 rings (SSSR count). The van der Waals surface area contributed by atoms with E-state index in [-0.39, 0.29) is 5.91 Å². The van der Waals surface area contributed by atoms with Gasteiger partial charge in [-0.2, -0.15) is 0 Å². The van der Waals surface area contributed by atoms with E-state index in [9.17, 15) is 4.79 Å². The van der Waals surface area contributed by atoms with E-state index >= 15 is 0 Å². The van der Waals surface area contributed by atoms with Crippen LogP contribution >= 0.6 is 11.6 Å². The van der Waals surface area contributed by atoms with E-state index in [1.807, 2.05) is 23.1 Å². The quantitative estimate of drug-likeness (QED) is 0.469. The van der Waals surface area contributed by atoms with Crippen LogP contribution < -0.4 is 0 Å². The van der Waals surface area contributed by atoms with Crippen LogP contribution in [-0.2, 0) is 0 Å². The molecule has 4 nitrogen and oxygen atoms in total. The highest BCUT2D eigenvalue weighted by Crippen LogP contribution is 2.31. The van der Waals surface area contributed by atoms with Crippen molar-refractivity contribution in [1.29, 1.82) is 0 Å². The van der Waals surface area contributed by atoms with Crippen molar-refractivity contribution in [3.8, 4) is 11.3 Å². The molecule has 0 saturated heterocycles. The van der Waals surface area contributed by atoms with Gasteiger partial charge in [-0.05, 0) is 25.8 Å². The summed E-state index contributed by atoms with van der Waals surface area (Å²) < 4.78 is 5.37. The van der Waals surface area contributed by atoms with Crippen molar-refractivity contribution in [3.63, 3.8) is 0 Å². The molecular formula is C21H29ClN2O2. The van der Waals surface area contributed by atoms with Crippen LogP contribution in [0.3, 0.4) is 0 Å². The Morgan fingerprint density at radius 3 is 2.27 bits per heavy atom. The predicted molar refractivity (Wildman–Crippen MR) is 107 cm³/mol. The van der Waals surface area contributed by atoms with Crippen LogP contribution in [0.2, 0.25) is 5.02 Å². The fraction of sp³-hybridized carbons (Fsp3) is 0.524. The molecule has 0 spiro atoms. The Morgan fingerprint density at radius 1 is 1.08 bits per heavy atom. The summed E-state index contributed by atoms with van der Waals surface area (Å²) in [6, 6.07) is 7.42. The van der Waals surface area contributed by atoms with Gasteiger partial charge in [0.1, 0.15) is 17.0 Å². The molecule has 0 radical (unpaired) electrons. The van der Waals surface area contributed by atoms with Crippen LogP contribution in [0.15, 0.2) is 28.8 Å². The summed E-state index contributed by atoms with van der Waals surface area (Å²) in [4.78, 5) is 15.3. The summed E-state index contributed by atoms with van der Waals surface area (Å²) in [5, 5.41) is 4.70. The van der Waals surface area contributed by atoms with Gasteiger partial charge < -0.3 is 9.42 Å². The zero-order valence-electron chi connectivity index (χ0n) is 16.1. The Kier molecular flexibility index (Phi) is 8.17. The summed E-state index contributed by atoms with van der Waals surface area (Å²) in [5.41, 5.74) is 1.80. The second kappa shape index (κ2) is 10.4. The average molecular weight is 377 g/mol. The molecule has 0 atom stereocenters. The first-order chi connectivity index (χ1) is 12.6. The third kappa shape index (κ3) is 5.10. The first-order valence-corrected chi connectivity index (χ1v) is 9.98. The van der Waals surface area contributed by atoms with Gasteiger partial charge in [-0.1, -0.05) is 74.5 Å². The Bertz CT molecular complexity index is 702. The normalized spacial score (nSPS) is 10.9. The molecule has 0 unspecified atom stereocenters. The number of carbonyl (C=O) groups excluding carboxylic acids is 1. The maximum Gasteiger partial charge on any atom is 0.259 e. The molecule has 0 aliphatic rings. The van der Waals surface area contributed by atoms with Crippen molar-refractivity contribution in [2.45, 2.75) is 59.3 Å². The van der Waals surface area contributed by atoms with Crippen molar-refractivity contribution in [2.75, 3.05) is 13.1 Å². The first kappa shape index (κ1) is 20.5. The number of aromatic nitrogens is 1. The van der Waals surface area contributed by atoms with E-state index in [1.165, 1.54) is 0 Å². The molecule has 0 saturated carbocycles. The minimum Gasteiger partial charge on any atom is -0.360 e. The number of hydrogen-bond acceptors (Lipinski definition) is 3. The van der Waals surface area contributed by atoms with Gasteiger partial charge in [-0.15, -0.1) is 0 Å². The van der Waals surface area contributed by atoms with Crippen LogP contribution in [-0.4, -0.2) is 29.1 Å². The second-order valence-corrected chi connectivity index (χ2v) is 7.06. The van der Waals surface area contributed by atoms with Crippen LogP contribution in [0.5, 0.6) is 0 Å². The number of nitrogens with zero attached hydrogens (tertiary/aromatic N) is 2. The van der Waals surface area contributed by atoms with Gasteiger partial charge in [-0.25, -0.2) is 0 Å². The number of benzene rings is 1. The predicted octanol–water partition coefficient (Wildman–Crippen LogP) is 6.13. The largest absolute Gasteiger partial charge is 0.360 e. The minimum absolute atomic E-state index is 0.00845. The molecule has 5 heteroatoms. The summed E-state index contributed by atoms with van der Waals surface area (Å²) in [7, 11) is 0. The van der Waals surface area contributed by atoms with Crippen molar-refractivity contribution >= 4 is 17.5 Å². The number of rotatable bonds is 10. The van der Waals surface area contributed by atoms with Gasteiger partial charge >= 0.3 is 0 Å². The fourth-order valence-corrected chi connectivity index (χ4v) is 3.26. The van der Waals surface area contributed by atoms with Gasteiger partial charge in [0.25, 0.3) is 5.91 Å². The number of halogens is 1. The number of unbranched alkanes of at least 4 members (excludes halogenated alkanes) is 4. The summed E-state index contributed by atoms with van der Waals surface area (Å²) in [6.45, 7) is 7.66. The zero-order valence-corrected chi connectivity index (χ0v) is 16.8. The molecule has 142 valence electrons. The van der Waals surface area contributed by atoms with E-state index < -0.39 is 0 Å². The summed E-state index contributed by atoms with van der Waals surface area (Å²) in [5.74, 6) is 0.534. The lowest BCUT2D eigenvalue weighted by Crippen LogP contribution is -2.33. The van der Waals surface area contributed by atoms with Crippen LogP contribution in [0.25, 0.3) is 11.3 Å². The molecule has 1 heterocycles. The number of aryl methyl sites for hydroxylation is 1. The van der Waals surface area contributed by atoms with Crippen molar-refractivity contribution in [1.82, 2.24) is 10.1 Å². The number of amides is 1. The summed E-state index contributed by atoms with van der Waals surface area (Å²) >= 11 is 6.32. The molecule has 1 amide bonds. The standard InChI is InChI=1S/C21H29ClN2O2/c1-4-6-10-14-24(15-11-7-5-2)21(25)19-16(3)26-23-20(19)17-12-8-9-13-18(17)22/h8-9,12-13H,4-7,10-11,14-15H2,1-3H3. The lowest BCUT2D eigenvalue weighted by molar-refractivity contribution is 0.0748. The van der Waals surface area contributed by atoms with Crippen LogP contribution in [0.1, 0.15) is 68.5 Å². The van der Waals surface area contributed by atoms with Gasteiger partial charge in [0.15, 0.2) is 0 Å². The van der Waals surface area contributed by atoms with Crippen molar-refractivity contribution in [2.24, 2.45) is 0 Å². The lowest BCUT2D eigenvalue weighted by Gasteiger charge is -2.23. The van der Waals surface area contributed by atoms with E-state index in [2.05, 4.69) is 19.0 Å². The highest BCUT2D eigenvalue weighted by Gasteiger charge is 2.26. The molecule has 2 aromatic rings. The Hall–Kier alpha value is -1.81. The molecule has 1 aromatic carbocycles. The lowest BCUT2D eigenvalue weighted by atomic mass is 10.0. The molecular weight excluding hydrogens is 348 g/mol. The SMILES string of the molecule is CCCCCN(CCCCC)C(=O)c1c(-c2ccccc2Cl)noc1C. The number of carbonyl (C=O) groups is 1. The molecule has 0 aliphatic heterocycles. The summed E-state index contributed by atoms with van der Waals surface area (Å²) in [6.07, 6.45) is 6.54. The van der Waals surface area contributed by atoms with Gasteiger partial charge in [0.2, 0.25) is 0 Å². The van der Waals surface area contributed by atoms with Gasteiger partial charge in [0, 0.05) is 18.7 Å². The topological polar surface area (TPSA) is 46.3 Å². The van der Waals surface area contributed by atoms with E-state index in [0.717, 1.165) is 57.2 Å². The van der Waals surface area contributed by atoms with Gasteiger partial charge in [-0.3, -0.25) is 4.79 Å². The third-order valence-electron chi connectivity index (χ3n) is 4.56. The first-order valence-electron chi connectivity index (χ1n) is 9.60. The second-order valence-electron chi connectivity index (χ2n) is 6.65. The Balaban J connectivity index is 2.29. The molecule has 0 bridgehead atoms. The highest BCUT2D eigenvalue weighted by molar-refractivity contribution is 6.33. The smallest absolute Gasteiger partial charge is 0.259 e. The Morgan fingerprint density at radius 2 is 1.69 bits per heavy atom. The monoisotopic (exact) mass is 376 g/mol. The van der Waals surface area contributed by atoms with E-state index in [4.69, 9.17) is 16.1 Å². The van der Waals surface area contributed by atoms with Crippen molar-refractivity contribution in [3.05, 3.63) is 40.6 Å². The van der Waals surface area contributed by atoms with Crippen LogP contribution in [0.4, 0.5) is 0 Å². The van der Waals surface area contributed by atoms with Crippen LogP contribution in [0, 0.1) is 6.92 Å². The fourth-order valence-electron chi connectivity index (χ4n) is 3.04. The van der Waals surface area contributed by atoms with E-state index in [1.54, 1.807) is 13.0 Å². The molecule has 26 heavy (non-hydrogen) atoms. The maximum absolute atomic E-state index is 13.3. The highest BCUT2D eigenvalue weighted by atomic mass is 35.5. The molecule has 0 aliphatic carbocycles. The molecule has 0 fully saturated rings. The average Bonchev–Trinajstić information content (AvgIpc) is 3.02. The molecule has 0 N–H and O–H groups in total. The third-order valence-corrected chi connectivity index (χ3v) is 4.89. The number of hydrogen-bond donors (Lipinski definition) is 0. The van der Waals surface area contributed by atoms with E-state index in [0.29, 0.717) is 22.0 Å². The zero-order chi connectivity index (χ0) is 18.9. The minimum atomic E-state index is -0.00845. The van der Waals surface area contributed by atoms with Crippen molar-refractivity contribution < 1.29 is 9.32 Å².